The van der Waals surface area contributed by atoms with Crippen LogP contribution in [-0.2, 0) is 26.1 Å². The van der Waals surface area contributed by atoms with E-state index >= 15 is 0 Å². The molecule has 0 atom stereocenters. The monoisotopic (exact) mass is 172 g/mol. The number of hydrogen-bond acceptors (Lipinski definition) is 4. The smallest absolute Gasteiger partial charge is 1.00 e. The summed E-state index contributed by atoms with van der Waals surface area (Å²) in [6.07, 6.45) is 0. The van der Waals surface area contributed by atoms with Gasteiger partial charge in [-0.1, -0.05) is 0 Å². The maximum absolute atomic E-state index is 8.93. The molecule has 0 rings (SSSR count). The zero-order chi connectivity index (χ0) is 5.15. The van der Waals surface area contributed by atoms with Crippen molar-refractivity contribution >= 4 is 35.0 Å². The van der Waals surface area contributed by atoms with Gasteiger partial charge in [-0.2, -0.15) is 0 Å². The van der Waals surface area contributed by atoms with Gasteiger partial charge in [-0.3, -0.25) is 0 Å². The summed E-state index contributed by atoms with van der Waals surface area (Å²) in [5.41, 5.74) is 0. The van der Waals surface area contributed by atoms with E-state index in [9.17, 15) is 0 Å². The van der Waals surface area contributed by atoms with E-state index in [1.165, 1.54) is 0 Å². The Hall–Kier alpha value is 0.200. The Labute approximate surface area is 74.3 Å². The minimum absolute atomic E-state index is 0. The SMILES string of the molecule is O=C([O-])C(=O)[O-].[H-].[H-].[Mg+2].[Ni+2]. The van der Waals surface area contributed by atoms with Crippen LogP contribution in [0.4, 0.5) is 0 Å². The van der Waals surface area contributed by atoms with Gasteiger partial charge < -0.3 is 22.7 Å². The summed E-state index contributed by atoms with van der Waals surface area (Å²) in [6.45, 7) is 0. The first kappa shape index (κ1) is 15.7. The third kappa shape index (κ3) is 9.50. The number of rotatable bonds is 0. The summed E-state index contributed by atoms with van der Waals surface area (Å²) in [5, 5.41) is 17.9. The fourth-order valence-electron chi connectivity index (χ4n) is 0. The Balaban J connectivity index is -0.0000000208. The number of carboxylic acid groups (broad SMARTS) is 2. The molecule has 0 bridgehead atoms. The largest absolute Gasteiger partial charge is 2.00 e. The van der Waals surface area contributed by atoms with Crippen LogP contribution in [0.25, 0.3) is 0 Å². The molecule has 8 heavy (non-hydrogen) atoms. The average molecular weight is 173 g/mol. The van der Waals surface area contributed by atoms with Crippen molar-refractivity contribution in [3.05, 3.63) is 0 Å². The Kier molecular flexibility index (Phi) is 14.1. The molecule has 0 aromatic heterocycles. The van der Waals surface area contributed by atoms with Gasteiger partial charge in [-0.25, -0.2) is 0 Å². The van der Waals surface area contributed by atoms with Gasteiger partial charge in [-0.05, 0) is 0 Å². The van der Waals surface area contributed by atoms with E-state index in [2.05, 4.69) is 0 Å². The summed E-state index contributed by atoms with van der Waals surface area (Å²) in [4.78, 5) is 17.9. The maximum atomic E-state index is 8.93. The van der Waals surface area contributed by atoms with E-state index in [1.807, 2.05) is 0 Å². The third-order valence-electron chi connectivity index (χ3n) is 0.167. The van der Waals surface area contributed by atoms with Crippen molar-refractivity contribution in [3.8, 4) is 0 Å². The molecule has 0 radical (unpaired) electrons. The summed E-state index contributed by atoms with van der Waals surface area (Å²) >= 11 is 0. The van der Waals surface area contributed by atoms with Gasteiger partial charge in [0.05, 0.1) is 11.9 Å². The van der Waals surface area contributed by atoms with E-state index in [-0.39, 0.29) is 42.4 Å². The first-order chi connectivity index (χ1) is 2.64. The molecule has 0 fully saturated rings. The van der Waals surface area contributed by atoms with Gasteiger partial charge in [0, 0.05) is 0 Å². The fraction of sp³-hybridized carbons (Fsp3) is 0. The molecule has 0 aliphatic carbocycles. The standard InChI is InChI=1S/C2H2O4.Mg.Ni.2H/c3-1(4)2(5)6;;;;/h(H,3,4)(H,5,6);;;;/q;2*+2;2*-1/p-2. The zero-order valence-electron chi connectivity index (χ0n) is 5.66. The van der Waals surface area contributed by atoms with Gasteiger partial charge >= 0.3 is 39.5 Å². The van der Waals surface area contributed by atoms with E-state index in [1.54, 1.807) is 0 Å². The molecular formula is C2H2MgNiO4. The molecule has 4 nitrogen and oxygen atoms in total. The van der Waals surface area contributed by atoms with Crippen LogP contribution in [0.2, 0.25) is 0 Å². The summed E-state index contributed by atoms with van der Waals surface area (Å²) in [7, 11) is 0. The topological polar surface area (TPSA) is 80.3 Å². The van der Waals surface area contributed by atoms with Gasteiger partial charge in [0.25, 0.3) is 0 Å². The van der Waals surface area contributed by atoms with E-state index in [0.717, 1.165) is 0 Å². The molecular weight excluding hydrogens is 171 g/mol. The van der Waals surface area contributed by atoms with Crippen molar-refractivity contribution in [2.24, 2.45) is 0 Å². The predicted molar refractivity (Wildman–Crippen MR) is 18.0 cm³/mol. The Morgan fingerprint density at radius 2 is 1.25 bits per heavy atom. The number of carboxylic acids is 2. The van der Waals surface area contributed by atoms with Crippen molar-refractivity contribution in [1.29, 1.82) is 0 Å². The van der Waals surface area contributed by atoms with Gasteiger partial charge in [0.15, 0.2) is 0 Å². The van der Waals surface area contributed by atoms with E-state index in [0.29, 0.717) is 0 Å². The molecule has 0 amide bonds. The van der Waals surface area contributed by atoms with Crippen LogP contribution in [-0.4, -0.2) is 35.0 Å². The van der Waals surface area contributed by atoms with Gasteiger partial charge in [0.1, 0.15) is 0 Å². The number of carbonyl (C=O) groups is 2. The van der Waals surface area contributed by atoms with Crippen LogP contribution in [0.1, 0.15) is 2.85 Å². The summed E-state index contributed by atoms with van der Waals surface area (Å²) in [6, 6.07) is 0. The fourth-order valence-corrected chi connectivity index (χ4v) is 0. The quantitative estimate of drug-likeness (QED) is 0.279. The molecule has 0 spiro atoms. The van der Waals surface area contributed by atoms with Gasteiger partial charge in [-0.15, -0.1) is 0 Å². The Bertz CT molecular complexity index is 87.3. The minimum Gasteiger partial charge on any atom is -1.00 e. The van der Waals surface area contributed by atoms with E-state index in [4.69, 9.17) is 19.8 Å². The molecule has 6 heteroatoms. The molecule has 0 N–H and O–H groups in total. The molecule has 0 unspecified atom stereocenters. The first-order valence-corrected chi connectivity index (χ1v) is 1.07. The molecule has 46 valence electrons. The minimum atomic E-state index is -2.19. The van der Waals surface area contributed by atoms with Crippen molar-refractivity contribution < 1.29 is 39.1 Å². The maximum Gasteiger partial charge on any atom is 2.00 e. The molecule has 0 saturated carbocycles. The number of carbonyl (C=O) groups excluding carboxylic acids is 2. The second-order valence-electron chi connectivity index (χ2n) is 0.575. The normalized spacial score (nSPS) is 5.50. The molecule has 0 aliphatic rings. The molecule has 0 aliphatic heterocycles. The third-order valence-corrected chi connectivity index (χ3v) is 0.167. The second-order valence-corrected chi connectivity index (χ2v) is 0.575. The Morgan fingerprint density at radius 1 is 1.12 bits per heavy atom. The van der Waals surface area contributed by atoms with Crippen LogP contribution in [0.15, 0.2) is 0 Å². The van der Waals surface area contributed by atoms with E-state index < -0.39 is 11.9 Å². The van der Waals surface area contributed by atoms with Crippen molar-refractivity contribution in [1.82, 2.24) is 0 Å². The predicted octanol–water partition coefficient (Wildman–Crippen LogP) is -3.67. The molecule has 0 saturated heterocycles. The molecule has 0 aromatic rings. The van der Waals surface area contributed by atoms with Crippen LogP contribution >= 0.6 is 0 Å². The van der Waals surface area contributed by atoms with Gasteiger partial charge in [0.2, 0.25) is 0 Å². The summed E-state index contributed by atoms with van der Waals surface area (Å²) < 4.78 is 0. The molecule has 0 aromatic carbocycles. The summed E-state index contributed by atoms with van der Waals surface area (Å²) in [5.74, 6) is -4.37. The number of hydrogen-bond donors (Lipinski definition) is 0. The van der Waals surface area contributed by atoms with Crippen LogP contribution < -0.4 is 10.2 Å². The number of aliphatic carboxylic acids is 2. The Morgan fingerprint density at radius 3 is 1.25 bits per heavy atom. The second kappa shape index (κ2) is 7.20. The van der Waals surface area contributed by atoms with Crippen molar-refractivity contribution in [2.45, 2.75) is 0 Å². The van der Waals surface area contributed by atoms with Crippen LogP contribution in [0, 0.1) is 0 Å². The van der Waals surface area contributed by atoms with Crippen molar-refractivity contribution in [2.75, 3.05) is 0 Å². The van der Waals surface area contributed by atoms with Crippen molar-refractivity contribution in [3.63, 3.8) is 0 Å². The van der Waals surface area contributed by atoms with Crippen LogP contribution in [0.5, 0.6) is 0 Å². The molecule has 0 heterocycles. The zero-order valence-corrected chi connectivity index (χ0v) is 6.06. The first-order valence-electron chi connectivity index (χ1n) is 1.07. The van der Waals surface area contributed by atoms with Crippen LogP contribution in [0.3, 0.4) is 0 Å². The average Bonchev–Trinajstić information content (AvgIpc) is 1.36.